The Morgan fingerprint density at radius 3 is 2.08 bits per heavy atom. The third kappa shape index (κ3) is 2.43. The van der Waals surface area contributed by atoms with Crippen molar-refractivity contribution in [2.75, 3.05) is 0 Å². The summed E-state index contributed by atoms with van der Waals surface area (Å²) in [6.07, 6.45) is 0. The molecular formula is C22H19NO2. The Bertz CT molecular complexity index is 1040. The van der Waals surface area contributed by atoms with Gasteiger partial charge >= 0.3 is 0 Å². The van der Waals surface area contributed by atoms with E-state index in [2.05, 4.69) is 20.8 Å². The van der Waals surface area contributed by atoms with Gasteiger partial charge in [0.1, 0.15) is 5.56 Å². The topological polar surface area (TPSA) is 43.1 Å². The van der Waals surface area contributed by atoms with Crippen LogP contribution in [0, 0.1) is 5.21 Å². The lowest BCUT2D eigenvalue weighted by Gasteiger charge is -2.18. The zero-order chi connectivity index (χ0) is 17.8. The first kappa shape index (κ1) is 15.6. The summed E-state index contributed by atoms with van der Waals surface area (Å²) in [5, 5.41) is 14.7. The highest BCUT2D eigenvalue weighted by Crippen LogP contribution is 2.32. The predicted molar refractivity (Wildman–Crippen MR) is 101 cm³/mol. The van der Waals surface area contributed by atoms with Crippen molar-refractivity contribution in [3.05, 3.63) is 82.6 Å². The first-order chi connectivity index (χ1) is 11.9. The van der Waals surface area contributed by atoms with Gasteiger partial charge in [0.2, 0.25) is 5.69 Å². The zero-order valence-electron chi connectivity index (χ0n) is 14.5. The van der Waals surface area contributed by atoms with Crippen LogP contribution in [0.25, 0.3) is 10.8 Å². The highest BCUT2D eigenvalue weighted by molar-refractivity contribution is 6.52. The van der Waals surface area contributed by atoms with Crippen molar-refractivity contribution in [1.29, 1.82) is 0 Å². The average Bonchev–Trinajstić information content (AvgIpc) is 2.83. The molecular weight excluding hydrogens is 310 g/mol. The number of rotatable bonds is 1. The van der Waals surface area contributed by atoms with E-state index < -0.39 is 0 Å². The first-order valence-electron chi connectivity index (χ1n) is 8.39. The molecule has 3 heteroatoms. The molecule has 3 aromatic carbocycles. The van der Waals surface area contributed by atoms with Gasteiger partial charge in [0.25, 0.3) is 11.5 Å². The Balaban J connectivity index is 1.84. The molecule has 0 aromatic heterocycles. The van der Waals surface area contributed by atoms with Crippen LogP contribution in [0.2, 0.25) is 0 Å². The highest BCUT2D eigenvalue weighted by Gasteiger charge is 2.37. The second-order valence-corrected chi connectivity index (χ2v) is 7.52. The number of carbonyl (C=O) groups is 1. The van der Waals surface area contributed by atoms with E-state index >= 15 is 0 Å². The summed E-state index contributed by atoms with van der Waals surface area (Å²) in [5.41, 5.74) is 2.96. The largest absolute Gasteiger partial charge is 0.618 e. The molecule has 0 N–H and O–H groups in total. The second-order valence-electron chi connectivity index (χ2n) is 7.52. The van der Waals surface area contributed by atoms with Crippen molar-refractivity contribution < 1.29 is 9.53 Å². The van der Waals surface area contributed by atoms with Crippen LogP contribution >= 0.6 is 0 Å². The van der Waals surface area contributed by atoms with Crippen LogP contribution in [0.15, 0.2) is 60.7 Å². The van der Waals surface area contributed by atoms with E-state index in [1.54, 1.807) is 6.07 Å². The molecule has 0 aliphatic carbocycles. The summed E-state index contributed by atoms with van der Waals surface area (Å²) in [6.45, 7) is 6.41. The molecule has 0 spiro atoms. The molecule has 4 rings (SSSR count). The van der Waals surface area contributed by atoms with Crippen molar-refractivity contribution in [2.45, 2.75) is 26.2 Å². The van der Waals surface area contributed by atoms with Crippen molar-refractivity contribution in [2.24, 2.45) is 0 Å². The molecule has 1 aliphatic heterocycles. The Morgan fingerprint density at radius 1 is 0.880 bits per heavy atom. The maximum atomic E-state index is 12.9. The minimum Gasteiger partial charge on any atom is -0.618 e. The standard InChI is InChI=1S/C22H19NO2/c1-22(2,3)17-10-8-14(9-11-17)20-21(24)18-12-15-6-4-5-7-16(15)13-19(18)23(20)25/h4-13H,1-3H3. The fourth-order valence-corrected chi connectivity index (χ4v) is 3.29. The maximum absolute atomic E-state index is 12.9. The maximum Gasteiger partial charge on any atom is 0.272 e. The number of ketones is 1. The second kappa shape index (κ2) is 5.28. The zero-order valence-corrected chi connectivity index (χ0v) is 14.5. The van der Waals surface area contributed by atoms with Gasteiger partial charge in [0.05, 0.1) is 5.56 Å². The Morgan fingerprint density at radius 2 is 1.48 bits per heavy atom. The molecule has 1 heterocycles. The molecule has 0 radical (unpaired) electrons. The van der Waals surface area contributed by atoms with E-state index in [1.807, 2.05) is 54.6 Å². The summed E-state index contributed by atoms with van der Waals surface area (Å²) in [7, 11) is 0. The van der Waals surface area contributed by atoms with Crippen LogP contribution in [0.5, 0.6) is 0 Å². The number of nitrogens with zero attached hydrogens (tertiary/aromatic N) is 1. The number of hydrogen-bond donors (Lipinski definition) is 0. The molecule has 124 valence electrons. The van der Waals surface area contributed by atoms with E-state index in [9.17, 15) is 10.0 Å². The summed E-state index contributed by atoms with van der Waals surface area (Å²) >= 11 is 0. The van der Waals surface area contributed by atoms with Crippen molar-refractivity contribution in [3.8, 4) is 0 Å². The Kier molecular flexibility index (Phi) is 3.29. The minimum absolute atomic E-state index is 0.0285. The lowest BCUT2D eigenvalue weighted by Crippen LogP contribution is -2.17. The van der Waals surface area contributed by atoms with E-state index in [0.717, 1.165) is 15.5 Å². The third-order valence-corrected chi connectivity index (χ3v) is 4.77. The summed E-state index contributed by atoms with van der Waals surface area (Å²) in [4.78, 5) is 12.9. The van der Waals surface area contributed by atoms with Crippen LogP contribution < -0.4 is 0 Å². The molecule has 3 aromatic rings. The van der Waals surface area contributed by atoms with Gasteiger partial charge in [0.15, 0.2) is 0 Å². The monoisotopic (exact) mass is 329 g/mol. The molecule has 0 fully saturated rings. The van der Waals surface area contributed by atoms with Gasteiger partial charge in [0, 0.05) is 6.07 Å². The van der Waals surface area contributed by atoms with Gasteiger partial charge in [-0.2, -0.15) is 4.74 Å². The van der Waals surface area contributed by atoms with Crippen LogP contribution in [0.1, 0.15) is 42.3 Å². The lowest BCUT2D eigenvalue weighted by molar-refractivity contribution is -0.355. The van der Waals surface area contributed by atoms with E-state index in [-0.39, 0.29) is 16.9 Å². The van der Waals surface area contributed by atoms with Gasteiger partial charge < -0.3 is 5.21 Å². The van der Waals surface area contributed by atoms with E-state index in [0.29, 0.717) is 16.8 Å². The molecule has 0 saturated carbocycles. The fourth-order valence-electron chi connectivity index (χ4n) is 3.29. The molecule has 0 atom stereocenters. The SMILES string of the molecule is CC(C)(C)c1ccc(C2=[N+]([O-])c3cc4ccccc4cc3C2=O)cc1. The average molecular weight is 329 g/mol. The summed E-state index contributed by atoms with van der Waals surface area (Å²) in [5.74, 6) is -0.209. The Hall–Kier alpha value is -2.94. The first-order valence-corrected chi connectivity index (χ1v) is 8.39. The van der Waals surface area contributed by atoms with Crippen LogP contribution in [0.3, 0.4) is 0 Å². The predicted octanol–water partition coefficient (Wildman–Crippen LogP) is 4.96. The van der Waals surface area contributed by atoms with E-state index in [4.69, 9.17) is 0 Å². The molecule has 0 amide bonds. The number of fused-ring (bicyclic) bond motifs is 2. The smallest absolute Gasteiger partial charge is 0.272 e. The third-order valence-electron chi connectivity index (χ3n) is 4.77. The van der Waals surface area contributed by atoms with Gasteiger partial charge in [-0.3, -0.25) is 4.79 Å². The fraction of sp³-hybridized carbons (Fsp3) is 0.182. The number of hydrogen-bond acceptors (Lipinski definition) is 2. The summed E-state index contributed by atoms with van der Waals surface area (Å²) in [6, 6.07) is 19.1. The van der Waals surface area contributed by atoms with Gasteiger partial charge in [-0.25, -0.2) is 0 Å². The quantitative estimate of drug-likeness (QED) is 0.467. The van der Waals surface area contributed by atoms with Crippen LogP contribution in [0.4, 0.5) is 5.69 Å². The van der Waals surface area contributed by atoms with E-state index in [1.165, 1.54) is 5.56 Å². The van der Waals surface area contributed by atoms with Gasteiger partial charge in [-0.1, -0.05) is 57.2 Å². The molecule has 3 nitrogen and oxygen atoms in total. The molecule has 0 unspecified atom stereocenters. The van der Waals surface area contributed by atoms with Crippen LogP contribution in [-0.2, 0) is 5.41 Å². The molecule has 1 aliphatic rings. The number of benzene rings is 3. The lowest BCUT2D eigenvalue weighted by atomic mass is 9.86. The van der Waals surface area contributed by atoms with Crippen molar-refractivity contribution >= 4 is 28.0 Å². The molecule has 0 bridgehead atoms. The molecule has 0 saturated heterocycles. The van der Waals surface area contributed by atoms with Crippen LogP contribution in [-0.4, -0.2) is 16.2 Å². The summed E-state index contributed by atoms with van der Waals surface area (Å²) < 4.78 is 0.774. The van der Waals surface area contributed by atoms with Crippen molar-refractivity contribution in [3.63, 3.8) is 0 Å². The van der Waals surface area contributed by atoms with Gasteiger partial charge in [-0.15, -0.1) is 0 Å². The van der Waals surface area contributed by atoms with Crippen molar-refractivity contribution in [1.82, 2.24) is 0 Å². The minimum atomic E-state index is -0.209. The van der Waals surface area contributed by atoms with Gasteiger partial charge in [-0.05, 0) is 39.9 Å². The number of carbonyl (C=O) groups excluding carboxylic acids is 1. The molecule has 25 heavy (non-hydrogen) atoms. The number of Topliss-reactive ketones (excluding diaryl/α,β-unsaturated/α-hetero) is 1. The normalized spacial score (nSPS) is 14.3. The highest BCUT2D eigenvalue weighted by atomic mass is 16.5. The Labute approximate surface area is 146 Å².